The minimum atomic E-state index is -0.375. The summed E-state index contributed by atoms with van der Waals surface area (Å²) < 4.78 is 23.3. The van der Waals surface area contributed by atoms with E-state index in [4.69, 9.17) is 9.47 Å². The number of hydrogen-bond donors (Lipinski definition) is 0. The van der Waals surface area contributed by atoms with Crippen LogP contribution in [-0.4, -0.2) is 12.6 Å². The lowest BCUT2D eigenvalue weighted by molar-refractivity contribution is 0.0526. The van der Waals surface area contributed by atoms with Crippen LogP contribution >= 0.6 is 0 Å². The van der Waals surface area contributed by atoms with Gasteiger partial charge in [0, 0.05) is 6.07 Å². The van der Waals surface area contributed by atoms with Crippen molar-refractivity contribution in [3.05, 3.63) is 59.9 Å². The summed E-state index contributed by atoms with van der Waals surface area (Å²) in [6, 6.07) is 12.3. The van der Waals surface area contributed by atoms with Gasteiger partial charge in [-0.05, 0) is 43.3 Å². The molecule has 0 saturated carbocycles. The number of rotatable bonds is 4. The van der Waals surface area contributed by atoms with Gasteiger partial charge in [-0.15, -0.1) is 0 Å². The third kappa shape index (κ3) is 3.55. The highest BCUT2D eigenvalue weighted by Crippen LogP contribution is 2.22. The minimum Gasteiger partial charge on any atom is -0.462 e. The fraction of sp³-hybridized carbons (Fsp3) is 0.133. The van der Waals surface area contributed by atoms with Crippen LogP contribution in [0.1, 0.15) is 17.3 Å². The first-order chi connectivity index (χ1) is 9.19. The summed E-state index contributed by atoms with van der Waals surface area (Å²) in [4.78, 5) is 11.4. The highest BCUT2D eigenvalue weighted by atomic mass is 19.1. The van der Waals surface area contributed by atoms with Crippen molar-refractivity contribution in [2.75, 3.05) is 6.61 Å². The van der Waals surface area contributed by atoms with Gasteiger partial charge in [0.2, 0.25) is 0 Å². The van der Waals surface area contributed by atoms with Gasteiger partial charge in [-0.2, -0.15) is 0 Å². The highest BCUT2D eigenvalue weighted by Gasteiger charge is 2.06. The molecule has 19 heavy (non-hydrogen) atoms. The molecule has 98 valence electrons. The molecule has 0 fully saturated rings. The molecule has 0 heterocycles. The zero-order chi connectivity index (χ0) is 13.7. The molecule has 0 spiro atoms. The minimum absolute atomic E-state index is 0.334. The van der Waals surface area contributed by atoms with Crippen LogP contribution in [0.4, 0.5) is 4.39 Å². The van der Waals surface area contributed by atoms with Gasteiger partial charge in [0.15, 0.2) is 0 Å². The summed E-state index contributed by atoms with van der Waals surface area (Å²) >= 11 is 0. The van der Waals surface area contributed by atoms with Crippen molar-refractivity contribution in [2.45, 2.75) is 6.92 Å². The molecule has 0 atom stereocenters. The standard InChI is InChI=1S/C15H13FO3/c1-2-18-15(17)11-6-8-13(9-7-11)19-14-5-3-4-12(16)10-14/h3-10H,2H2,1H3. The quantitative estimate of drug-likeness (QED) is 0.784. The maximum absolute atomic E-state index is 13.0. The lowest BCUT2D eigenvalue weighted by Gasteiger charge is -2.06. The van der Waals surface area contributed by atoms with Crippen molar-refractivity contribution >= 4 is 5.97 Å². The Hall–Kier alpha value is -2.36. The SMILES string of the molecule is CCOC(=O)c1ccc(Oc2cccc(F)c2)cc1. The maximum Gasteiger partial charge on any atom is 0.338 e. The first-order valence-electron chi connectivity index (χ1n) is 5.89. The second-order valence-electron chi connectivity index (χ2n) is 3.80. The molecule has 0 aromatic heterocycles. The van der Waals surface area contributed by atoms with Gasteiger partial charge in [-0.25, -0.2) is 9.18 Å². The van der Waals surface area contributed by atoms with Gasteiger partial charge in [-0.3, -0.25) is 0 Å². The number of ether oxygens (including phenoxy) is 2. The Morgan fingerprint density at radius 3 is 2.47 bits per heavy atom. The third-order valence-electron chi connectivity index (χ3n) is 2.40. The van der Waals surface area contributed by atoms with Gasteiger partial charge in [0.05, 0.1) is 12.2 Å². The third-order valence-corrected chi connectivity index (χ3v) is 2.40. The van der Waals surface area contributed by atoms with Crippen LogP contribution in [0, 0.1) is 5.82 Å². The Bertz CT molecular complexity index is 564. The lowest BCUT2D eigenvalue weighted by atomic mass is 10.2. The van der Waals surface area contributed by atoms with Crippen LogP contribution in [0.15, 0.2) is 48.5 Å². The van der Waals surface area contributed by atoms with Crippen LogP contribution < -0.4 is 4.74 Å². The van der Waals surface area contributed by atoms with E-state index >= 15 is 0 Å². The molecule has 0 N–H and O–H groups in total. The molecule has 0 saturated heterocycles. The fourth-order valence-corrected chi connectivity index (χ4v) is 1.54. The monoisotopic (exact) mass is 260 g/mol. The first kappa shape index (κ1) is 13.1. The fourth-order valence-electron chi connectivity index (χ4n) is 1.54. The lowest BCUT2D eigenvalue weighted by Crippen LogP contribution is -2.03. The van der Waals surface area contributed by atoms with Crippen LogP contribution in [0.5, 0.6) is 11.5 Å². The molecular weight excluding hydrogens is 247 g/mol. The molecule has 0 aliphatic carbocycles. The number of benzene rings is 2. The van der Waals surface area contributed by atoms with Crippen molar-refractivity contribution < 1.29 is 18.7 Å². The predicted octanol–water partition coefficient (Wildman–Crippen LogP) is 3.79. The van der Waals surface area contributed by atoms with E-state index in [1.54, 1.807) is 43.3 Å². The largest absolute Gasteiger partial charge is 0.462 e. The van der Waals surface area contributed by atoms with Gasteiger partial charge in [-0.1, -0.05) is 6.07 Å². The van der Waals surface area contributed by atoms with E-state index in [-0.39, 0.29) is 11.8 Å². The van der Waals surface area contributed by atoms with Crippen molar-refractivity contribution in [1.82, 2.24) is 0 Å². The molecule has 0 unspecified atom stereocenters. The van der Waals surface area contributed by atoms with E-state index in [0.29, 0.717) is 23.7 Å². The summed E-state index contributed by atoms with van der Waals surface area (Å²) in [5.74, 6) is 0.197. The summed E-state index contributed by atoms with van der Waals surface area (Å²) in [5.41, 5.74) is 0.452. The molecular formula is C15H13FO3. The van der Waals surface area contributed by atoms with Crippen LogP contribution in [0.2, 0.25) is 0 Å². The summed E-state index contributed by atoms with van der Waals surface area (Å²) in [7, 11) is 0. The smallest absolute Gasteiger partial charge is 0.338 e. The topological polar surface area (TPSA) is 35.5 Å². The zero-order valence-electron chi connectivity index (χ0n) is 10.4. The van der Waals surface area contributed by atoms with Crippen molar-refractivity contribution in [3.8, 4) is 11.5 Å². The molecule has 0 bridgehead atoms. The van der Waals surface area contributed by atoms with E-state index in [1.807, 2.05) is 0 Å². The molecule has 4 heteroatoms. The van der Waals surface area contributed by atoms with Gasteiger partial charge < -0.3 is 9.47 Å². The van der Waals surface area contributed by atoms with Crippen molar-refractivity contribution in [3.63, 3.8) is 0 Å². The molecule has 0 aliphatic heterocycles. The number of hydrogen-bond acceptors (Lipinski definition) is 3. The number of esters is 1. The number of carbonyl (C=O) groups excluding carboxylic acids is 1. The average molecular weight is 260 g/mol. The van der Waals surface area contributed by atoms with Gasteiger partial charge >= 0.3 is 5.97 Å². The molecule has 0 aliphatic rings. The van der Waals surface area contributed by atoms with Crippen LogP contribution in [0.3, 0.4) is 0 Å². The second kappa shape index (κ2) is 6.00. The summed E-state index contributed by atoms with van der Waals surface area (Å²) in [6.45, 7) is 2.08. The average Bonchev–Trinajstić information content (AvgIpc) is 2.40. The molecule has 2 aromatic rings. The van der Waals surface area contributed by atoms with Crippen LogP contribution in [0.25, 0.3) is 0 Å². The Morgan fingerprint density at radius 1 is 1.11 bits per heavy atom. The Balaban J connectivity index is 2.08. The Kier molecular flexibility index (Phi) is 4.13. The highest BCUT2D eigenvalue weighted by molar-refractivity contribution is 5.89. The molecule has 0 amide bonds. The normalized spacial score (nSPS) is 10.0. The Morgan fingerprint density at radius 2 is 1.84 bits per heavy atom. The maximum atomic E-state index is 13.0. The molecule has 3 nitrogen and oxygen atoms in total. The van der Waals surface area contributed by atoms with E-state index in [2.05, 4.69) is 0 Å². The van der Waals surface area contributed by atoms with E-state index < -0.39 is 0 Å². The van der Waals surface area contributed by atoms with Crippen molar-refractivity contribution in [1.29, 1.82) is 0 Å². The van der Waals surface area contributed by atoms with Gasteiger partial charge in [0.25, 0.3) is 0 Å². The van der Waals surface area contributed by atoms with Crippen molar-refractivity contribution in [2.24, 2.45) is 0 Å². The summed E-state index contributed by atoms with van der Waals surface area (Å²) in [6.07, 6.45) is 0. The van der Waals surface area contributed by atoms with E-state index in [0.717, 1.165) is 0 Å². The first-order valence-corrected chi connectivity index (χ1v) is 5.89. The molecule has 2 rings (SSSR count). The van der Waals surface area contributed by atoms with Gasteiger partial charge in [0.1, 0.15) is 17.3 Å². The summed E-state index contributed by atoms with van der Waals surface area (Å²) in [5, 5.41) is 0. The Labute approximate surface area is 110 Å². The zero-order valence-corrected chi connectivity index (χ0v) is 10.4. The molecule has 2 aromatic carbocycles. The van der Waals surface area contributed by atoms with E-state index in [9.17, 15) is 9.18 Å². The molecule has 0 radical (unpaired) electrons. The van der Waals surface area contributed by atoms with E-state index in [1.165, 1.54) is 12.1 Å². The second-order valence-corrected chi connectivity index (χ2v) is 3.80. The number of halogens is 1. The number of carbonyl (C=O) groups is 1. The van der Waals surface area contributed by atoms with Crippen LogP contribution in [-0.2, 0) is 4.74 Å². The predicted molar refractivity (Wildman–Crippen MR) is 68.9 cm³/mol.